The largest absolute Gasteiger partial charge is 1.00 e. The summed E-state index contributed by atoms with van der Waals surface area (Å²) >= 11 is 0. The molecule has 3 aromatic rings. The van der Waals surface area contributed by atoms with Gasteiger partial charge in [0.25, 0.3) is 6.47 Å². The molecular formula is C63H91K2N4O7. The quantitative estimate of drug-likeness (QED) is 0.0434. The summed E-state index contributed by atoms with van der Waals surface area (Å²) in [5, 5.41) is 53.9. The second-order valence-corrected chi connectivity index (χ2v) is 23.2. The van der Waals surface area contributed by atoms with Gasteiger partial charge < -0.3 is 45.7 Å². The molecule has 5 N–H and O–H groups in total. The summed E-state index contributed by atoms with van der Waals surface area (Å²) in [6.45, 7) is 3.05. The number of nitrogens with one attached hydrogen (secondary N) is 1. The predicted octanol–water partition coefficient (Wildman–Crippen LogP) is 4.56. The number of piperidine rings is 4. The van der Waals surface area contributed by atoms with Crippen molar-refractivity contribution in [2.45, 2.75) is 232 Å². The van der Waals surface area contributed by atoms with Gasteiger partial charge in [0, 0.05) is 132 Å². The average Bonchev–Trinajstić information content (AvgIpc) is 4.01. The number of hydrogen-bond donors (Lipinski definition) is 5. The van der Waals surface area contributed by atoms with Crippen molar-refractivity contribution in [3.05, 3.63) is 108 Å². The van der Waals surface area contributed by atoms with Crippen molar-refractivity contribution < 1.29 is 86.7 Å². The van der Waals surface area contributed by atoms with E-state index in [0.29, 0.717) is 48.3 Å². The standard InChI is InChI=1S/C19H25NO.C15H21NO.C14H19NO.C8H15NO.C6H10.CH2O3.2K/c1-2-3-7-12-20-17-10-11-18(20)15-19(21,14-17)13-16-8-5-4-6-9-16;1-16-13-7-8-14(16)11-15(17,10-13)9-12-5-3-2-4-6-12;16-14(8-11-4-2-1-3-5-11)9-12-6-7-13(10-14)15-12;1-9-6-2-3-7(9)5-8(10)4-6;1-3-5-6-4-2;2-1-4-3;;/h1,4-6,8-9,17-18,21H,3,7,10-15H2;2-6,13-14,17H,7-11H2,1H3;1-5,12-13,15-16H,6-10H2;6-8,10H,2-5H2,1H3;1H,4-6H2,2H3;1,3H;;/q;;;;;;;+1/p-1. The van der Waals surface area contributed by atoms with E-state index in [0.717, 1.165) is 96.4 Å². The fraction of sp³-hybridized carbons (Fsp3) is 0.635. The van der Waals surface area contributed by atoms with Crippen molar-refractivity contribution in [1.82, 2.24) is 20.0 Å². The number of fused-ring (bicyclic) bond motifs is 8. The summed E-state index contributed by atoms with van der Waals surface area (Å²) in [5.41, 5.74) is 2.30. The number of nitrogens with zero attached hydrogens (tertiary/aromatic N) is 3. The molecule has 8 aliphatic rings. The van der Waals surface area contributed by atoms with Crippen molar-refractivity contribution in [3.8, 4) is 24.7 Å². The third kappa shape index (κ3) is 21.5. The van der Waals surface area contributed by atoms with Crippen LogP contribution in [-0.2, 0) is 28.9 Å². The minimum Gasteiger partial charge on any atom is -0.662 e. The van der Waals surface area contributed by atoms with E-state index in [9.17, 15) is 20.4 Å². The first-order valence-electron chi connectivity index (χ1n) is 28.2. The van der Waals surface area contributed by atoms with Gasteiger partial charge in [-0.3, -0.25) is 9.69 Å². The molecule has 0 aromatic heterocycles. The van der Waals surface area contributed by atoms with E-state index in [2.05, 4.69) is 118 Å². The van der Waals surface area contributed by atoms with Gasteiger partial charge in [-0.05, 0) is 153 Å². The van der Waals surface area contributed by atoms with E-state index in [-0.39, 0.29) is 115 Å². The number of terminal acetylenes is 2. The van der Waals surface area contributed by atoms with Gasteiger partial charge in [0.05, 0.1) is 22.9 Å². The molecule has 0 saturated carbocycles. The minimum atomic E-state index is -0.518. The van der Waals surface area contributed by atoms with Crippen molar-refractivity contribution in [3.63, 3.8) is 0 Å². The molecule has 8 unspecified atom stereocenters. The molecule has 8 saturated heterocycles. The summed E-state index contributed by atoms with van der Waals surface area (Å²) in [6, 6.07) is 35.9. The number of aliphatic hydroxyl groups excluding tert-OH is 1. The minimum absolute atomic E-state index is 0. The molecule has 8 bridgehead atoms. The molecule has 1 radical (unpaired) electrons. The van der Waals surface area contributed by atoms with Crippen LogP contribution in [0.5, 0.6) is 0 Å². The number of aliphatic hydroxyl groups is 4. The number of rotatable bonds is 12. The topological polar surface area (TPSA) is 152 Å². The SMILES string of the molecule is C#CCCCC.C#CCCCN1C2CCC1CC(O)(Cc1ccccc1)C2.CN1C2CCC1CC(O)(Cc1ccccc1)C2.CN1C2CCC1CC(O)C2.O=CO[O-].OC1(Cc2ccccc2)CC2CCC(C1)N2.[K+].[K]. The third-order valence-electron chi connectivity index (χ3n) is 17.5. The van der Waals surface area contributed by atoms with Crippen LogP contribution in [0.3, 0.4) is 0 Å². The smallest absolute Gasteiger partial charge is 0.662 e. The Morgan fingerprint density at radius 2 is 0.947 bits per heavy atom. The number of benzene rings is 3. The molecule has 0 aliphatic carbocycles. The van der Waals surface area contributed by atoms with Gasteiger partial charge >= 0.3 is 51.4 Å². The van der Waals surface area contributed by atoms with Crippen LogP contribution < -0.4 is 62.0 Å². The Labute approximate surface area is 543 Å². The molecule has 0 amide bonds. The van der Waals surface area contributed by atoms with E-state index >= 15 is 0 Å². The maximum atomic E-state index is 11.0. The normalized spacial score (nSPS) is 32.3. The first kappa shape index (κ1) is 67.7. The zero-order valence-corrected chi connectivity index (χ0v) is 53.4. The van der Waals surface area contributed by atoms with Crippen LogP contribution in [0.1, 0.15) is 158 Å². The van der Waals surface area contributed by atoms with Gasteiger partial charge in [0.1, 0.15) is 0 Å². The Balaban J connectivity index is 0.000000209. The zero-order valence-electron chi connectivity index (χ0n) is 47.1. The van der Waals surface area contributed by atoms with E-state index in [1.807, 2.05) is 30.3 Å². The predicted molar refractivity (Wildman–Crippen MR) is 300 cm³/mol. The molecule has 8 atom stereocenters. The van der Waals surface area contributed by atoms with Gasteiger partial charge in [-0.1, -0.05) is 104 Å². The molecule has 0 spiro atoms. The number of carbonyl (C=O) groups excluding carboxylic acids is 1. The summed E-state index contributed by atoms with van der Waals surface area (Å²) in [5.74, 6) is 5.30. The molecule has 8 aliphatic heterocycles. The fourth-order valence-electron chi connectivity index (χ4n) is 13.9. The van der Waals surface area contributed by atoms with Crippen LogP contribution in [0.25, 0.3) is 0 Å². The molecule has 8 fully saturated rings. The van der Waals surface area contributed by atoms with Crippen LogP contribution in [0.15, 0.2) is 91.0 Å². The van der Waals surface area contributed by atoms with Gasteiger partial charge in [-0.15, -0.1) is 24.7 Å². The number of carbonyl (C=O) groups is 1. The Bertz CT molecular complexity index is 2110. The van der Waals surface area contributed by atoms with Crippen LogP contribution in [-0.4, -0.2) is 185 Å². The molecule has 3 aromatic carbocycles. The number of hydrogen-bond acceptors (Lipinski definition) is 11. The van der Waals surface area contributed by atoms with Crippen molar-refractivity contribution in [2.75, 3.05) is 20.6 Å². The van der Waals surface area contributed by atoms with Gasteiger partial charge in [0.2, 0.25) is 0 Å². The van der Waals surface area contributed by atoms with Crippen LogP contribution in [0, 0.1) is 24.7 Å². The molecule has 11 rings (SSSR count). The monoisotopic (exact) mass is 1090 g/mol. The fourth-order valence-corrected chi connectivity index (χ4v) is 13.9. The zero-order chi connectivity index (χ0) is 53.0. The molecule has 13 heteroatoms. The van der Waals surface area contributed by atoms with E-state index in [1.54, 1.807) is 0 Å². The van der Waals surface area contributed by atoms with Crippen molar-refractivity contribution in [2.24, 2.45) is 0 Å². The molecular weight excluding hydrogens is 1000 g/mol. The molecule has 8 heterocycles. The molecule has 76 heavy (non-hydrogen) atoms. The molecule has 11 nitrogen and oxygen atoms in total. The average molecular weight is 1090 g/mol. The third-order valence-corrected chi connectivity index (χ3v) is 17.5. The van der Waals surface area contributed by atoms with E-state index < -0.39 is 16.8 Å². The van der Waals surface area contributed by atoms with Gasteiger partial charge in [-0.2, -0.15) is 0 Å². The Morgan fingerprint density at radius 1 is 0.605 bits per heavy atom. The maximum Gasteiger partial charge on any atom is 1.00 e. The van der Waals surface area contributed by atoms with Crippen LogP contribution in [0.4, 0.5) is 0 Å². The summed E-state index contributed by atoms with van der Waals surface area (Å²) < 4.78 is 0. The summed E-state index contributed by atoms with van der Waals surface area (Å²) in [6.07, 6.45) is 35.6. The summed E-state index contributed by atoms with van der Waals surface area (Å²) in [7, 11) is 4.40. The first-order valence-corrected chi connectivity index (χ1v) is 28.2. The maximum absolute atomic E-state index is 11.0. The second-order valence-electron chi connectivity index (χ2n) is 23.2. The van der Waals surface area contributed by atoms with E-state index in [4.69, 9.17) is 22.9 Å². The van der Waals surface area contributed by atoms with E-state index in [1.165, 1.54) is 80.9 Å². The van der Waals surface area contributed by atoms with Gasteiger partial charge in [-0.25, -0.2) is 0 Å². The van der Waals surface area contributed by atoms with Crippen LogP contribution in [0.2, 0.25) is 0 Å². The summed E-state index contributed by atoms with van der Waals surface area (Å²) in [4.78, 5) is 18.8. The first-order chi connectivity index (χ1) is 35.7. The second kappa shape index (κ2) is 34.6. The Hall–Kier alpha value is -0.837. The Morgan fingerprint density at radius 3 is 1.32 bits per heavy atom. The number of unbranched alkanes of at least 4 members (excludes halogenated alkanes) is 3. The van der Waals surface area contributed by atoms with Crippen molar-refractivity contribution >= 4 is 57.9 Å². The van der Waals surface area contributed by atoms with Crippen molar-refractivity contribution in [1.29, 1.82) is 0 Å². The molecule has 407 valence electrons. The Kier molecular flexibility index (Phi) is 30.8. The van der Waals surface area contributed by atoms with Crippen LogP contribution >= 0.6 is 0 Å². The van der Waals surface area contributed by atoms with Gasteiger partial charge in [0.15, 0.2) is 0 Å².